The standard InChI is InChI=1S/C15H15NO5S2/c1-20-10-3-4-11(21-2)9(7-10)8-12-14(19)16(15(22)23-12)6-5-13(17)18/h3-4,7-8H,5-6H2,1-2H3,(H,17,18)/b12-8+. The van der Waals surface area contributed by atoms with Crippen LogP contribution in [0.4, 0.5) is 0 Å². The normalized spacial score (nSPS) is 16.1. The van der Waals surface area contributed by atoms with Crippen LogP contribution in [0.2, 0.25) is 0 Å². The lowest BCUT2D eigenvalue weighted by Gasteiger charge is -2.12. The molecule has 23 heavy (non-hydrogen) atoms. The minimum atomic E-state index is -0.975. The molecule has 1 aliphatic heterocycles. The highest BCUT2D eigenvalue weighted by Crippen LogP contribution is 2.35. The fourth-order valence-electron chi connectivity index (χ4n) is 1.99. The number of thiocarbonyl (C=S) groups is 1. The van der Waals surface area contributed by atoms with Crippen molar-refractivity contribution in [2.45, 2.75) is 6.42 Å². The Bertz CT molecular complexity index is 686. The zero-order chi connectivity index (χ0) is 17.0. The van der Waals surface area contributed by atoms with Crippen molar-refractivity contribution in [1.29, 1.82) is 0 Å². The molecule has 1 fully saturated rings. The van der Waals surface area contributed by atoms with Crippen LogP contribution >= 0.6 is 24.0 Å². The zero-order valence-electron chi connectivity index (χ0n) is 12.6. The van der Waals surface area contributed by atoms with Crippen molar-refractivity contribution in [2.75, 3.05) is 20.8 Å². The number of nitrogens with zero attached hydrogens (tertiary/aromatic N) is 1. The van der Waals surface area contributed by atoms with Gasteiger partial charge in [-0.15, -0.1) is 0 Å². The molecule has 6 nitrogen and oxygen atoms in total. The molecule has 0 unspecified atom stereocenters. The van der Waals surface area contributed by atoms with Crippen LogP contribution in [0.1, 0.15) is 12.0 Å². The maximum absolute atomic E-state index is 12.4. The summed E-state index contributed by atoms with van der Waals surface area (Å²) in [4.78, 5) is 24.8. The first-order valence-corrected chi connectivity index (χ1v) is 7.88. The minimum absolute atomic E-state index is 0.0621. The van der Waals surface area contributed by atoms with Gasteiger partial charge in [-0.25, -0.2) is 0 Å². The van der Waals surface area contributed by atoms with Crippen LogP contribution in [0.25, 0.3) is 6.08 Å². The number of carbonyl (C=O) groups is 2. The molecule has 0 aromatic heterocycles. The molecule has 8 heteroatoms. The molecule has 1 amide bonds. The quantitative estimate of drug-likeness (QED) is 0.621. The summed E-state index contributed by atoms with van der Waals surface area (Å²) < 4.78 is 10.8. The van der Waals surface area contributed by atoms with E-state index in [0.717, 1.165) is 11.8 Å². The fourth-order valence-corrected chi connectivity index (χ4v) is 3.29. The van der Waals surface area contributed by atoms with Crippen molar-refractivity contribution in [2.24, 2.45) is 0 Å². The van der Waals surface area contributed by atoms with E-state index in [4.69, 9.17) is 26.8 Å². The Kier molecular flexibility index (Phi) is 5.62. The highest BCUT2D eigenvalue weighted by atomic mass is 32.2. The molecule has 1 aliphatic rings. The second kappa shape index (κ2) is 7.47. The van der Waals surface area contributed by atoms with E-state index in [2.05, 4.69) is 0 Å². The van der Waals surface area contributed by atoms with E-state index in [1.54, 1.807) is 31.4 Å². The number of rotatable bonds is 6. The van der Waals surface area contributed by atoms with E-state index in [1.165, 1.54) is 12.0 Å². The molecule has 1 aromatic rings. The van der Waals surface area contributed by atoms with E-state index in [0.29, 0.717) is 26.3 Å². The van der Waals surface area contributed by atoms with E-state index in [9.17, 15) is 9.59 Å². The smallest absolute Gasteiger partial charge is 0.305 e. The average molecular weight is 353 g/mol. The van der Waals surface area contributed by atoms with Gasteiger partial charge in [0.05, 0.1) is 25.5 Å². The molecule has 1 aromatic carbocycles. The van der Waals surface area contributed by atoms with Crippen molar-refractivity contribution >= 4 is 46.3 Å². The molecular weight excluding hydrogens is 338 g/mol. The van der Waals surface area contributed by atoms with Gasteiger partial charge in [-0.1, -0.05) is 24.0 Å². The molecule has 0 atom stereocenters. The predicted octanol–water partition coefficient (Wildman–Crippen LogP) is 2.38. The van der Waals surface area contributed by atoms with Crippen LogP contribution in [0.15, 0.2) is 23.1 Å². The summed E-state index contributed by atoms with van der Waals surface area (Å²) in [6.07, 6.45) is 1.52. The van der Waals surface area contributed by atoms with Gasteiger partial charge in [0.25, 0.3) is 5.91 Å². The first kappa shape index (κ1) is 17.3. The van der Waals surface area contributed by atoms with Crippen molar-refractivity contribution in [3.63, 3.8) is 0 Å². The van der Waals surface area contributed by atoms with E-state index < -0.39 is 5.97 Å². The number of thioether (sulfide) groups is 1. The maximum Gasteiger partial charge on any atom is 0.305 e. The number of amides is 1. The molecule has 0 aliphatic carbocycles. The average Bonchev–Trinajstić information content (AvgIpc) is 2.79. The molecular formula is C15H15NO5S2. The summed E-state index contributed by atoms with van der Waals surface area (Å²) in [7, 11) is 3.09. The Hall–Kier alpha value is -2.06. The van der Waals surface area contributed by atoms with Crippen LogP contribution in [0.5, 0.6) is 11.5 Å². The van der Waals surface area contributed by atoms with Crippen molar-refractivity contribution < 1.29 is 24.2 Å². The number of hydrogen-bond acceptors (Lipinski definition) is 6. The Balaban J connectivity index is 2.28. The summed E-state index contributed by atoms with van der Waals surface area (Å²) in [6, 6.07) is 5.26. The first-order chi connectivity index (χ1) is 11.0. The lowest BCUT2D eigenvalue weighted by Crippen LogP contribution is -2.30. The topological polar surface area (TPSA) is 76.1 Å². The molecule has 2 rings (SSSR count). The van der Waals surface area contributed by atoms with Crippen LogP contribution < -0.4 is 9.47 Å². The summed E-state index contributed by atoms with van der Waals surface area (Å²) in [5.74, 6) is -0.0383. The lowest BCUT2D eigenvalue weighted by molar-refractivity contribution is -0.137. The zero-order valence-corrected chi connectivity index (χ0v) is 14.2. The third-order valence-electron chi connectivity index (χ3n) is 3.15. The molecule has 0 radical (unpaired) electrons. The highest BCUT2D eigenvalue weighted by molar-refractivity contribution is 8.26. The number of carbonyl (C=O) groups excluding carboxylic acids is 1. The third-order valence-corrected chi connectivity index (χ3v) is 4.52. The largest absolute Gasteiger partial charge is 0.497 e. The SMILES string of the molecule is COc1ccc(OC)c(/C=C2/SC(=S)N(CCC(=O)O)C2=O)c1. The van der Waals surface area contributed by atoms with Gasteiger partial charge in [-0.3, -0.25) is 14.5 Å². The summed E-state index contributed by atoms with van der Waals surface area (Å²) in [6.45, 7) is 0.0621. The maximum atomic E-state index is 12.4. The summed E-state index contributed by atoms with van der Waals surface area (Å²) in [5, 5.41) is 8.74. The molecule has 1 saturated heterocycles. The minimum Gasteiger partial charge on any atom is -0.497 e. The molecule has 0 saturated carbocycles. The van der Waals surface area contributed by atoms with Gasteiger partial charge >= 0.3 is 5.97 Å². The number of carboxylic acid groups (broad SMARTS) is 1. The second-order valence-electron chi connectivity index (χ2n) is 4.58. The summed E-state index contributed by atoms with van der Waals surface area (Å²) >= 11 is 6.29. The van der Waals surface area contributed by atoms with Gasteiger partial charge in [-0.2, -0.15) is 0 Å². The molecule has 1 N–H and O–H groups in total. The lowest BCUT2D eigenvalue weighted by atomic mass is 10.1. The van der Waals surface area contributed by atoms with Gasteiger partial charge in [0, 0.05) is 12.1 Å². The molecule has 122 valence electrons. The van der Waals surface area contributed by atoms with Crippen LogP contribution in [0.3, 0.4) is 0 Å². The molecule has 0 spiro atoms. The number of benzene rings is 1. The Morgan fingerprint density at radius 1 is 1.39 bits per heavy atom. The van der Waals surface area contributed by atoms with Crippen molar-refractivity contribution in [3.05, 3.63) is 28.7 Å². The van der Waals surface area contributed by atoms with Crippen LogP contribution in [-0.2, 0) is 9.59 Å². The van der Waals surface area contributed by atoms with Gasteiger partial charge < -0.3 is 14.6 Å². The number of ether oxygens (including phenoxy) is 2. The van der Waals surface area contributed by atoms with Crippen molar-refractivity contribution in [3.8, 4) is 11.5 Å². The molecule has 0 bridgehead atoms. The third kappa shape index (κ3) is 4.02. The van der Waals surface area contributed by atoms with Crippen molar-refractivity contribution in [1.82, 2.24) is 4.90 Å². The van der Waals surface area contributed by atoms with E-state index in [-0.39, 0.29) is 18.9 Å². The second-order valence-corrected chi connectivity index (χ2v) is 6.26. The number of hydrogen-bond donors (Lipinski definition) is 1. The number of aliphatic carboxylic acids is 1. The number of methoxy groups -OCH3 is 2. The fraction of sp³-hybridized carbons (Fsp3) is 0.267. The highest BCUT2D eigenvalue weighted by Gasteiger charge is 2.32. The van der Waals surface area contributed by atoms with E-state index in [1.807, 2.05) is 0 Å². The Morgan fingerprint density at radius 2 is 2.13 bits per heavy atom. The van der Waals surface area contributed by atoms with Gasteiger partial charge in [0.15, 0.2) is 0 Å². The molecule has 1 heterocycles. The Morgan fingerprint density at radius 3 is 2.74 bits per heavy atom. The van der Waals surface area contributed by atoms with Crippen LogP contribution in [-0.4, -0.2) is 47.0 Å². The Labute approximate surface area is 143 Å². The van der Waals surface area contributed by atoms with Gasteiger partial charge in [-0.05, 0) is 24.3 Å². The van der Waals surface area contributed by atoms with Gasteiger partial charge in [0.1, 0.15) is 15.8 Å². The first-order valence-electron chi connectivity index (χ1n) is 6.65. The van der Waals surface area contributed by atoms with Gasteiger partial charge in [0.2, 0.25) is 0 Å². The predicted molar refractivity (Wildman–Crippen MR) is 91.7 cm³/mol. The monoisotopic (exact) mass is 353 g/mol. The van der Waals surface area contributed by atoms with Crippen LogP contribution in [0, 0.1) is 0 Å². The van der Waals surface area contributed by atoms with E-state index >= 15 is 0 Å². The number of carboxylic acids is 1. The summed E-state index contributed by atoms with van der Waals surface area (Å²) in [5.41, 5.74) is 0.686.